The smallest absolute Gasteiger partial charge is 0.381 e. The van der Waals surface area contributed by atoms with E-state index in [0.29, 0.717) is 19.5 Å². The Morgan fingerprint density at radius 1 is 1.28 bits per heavy atom. The van der Waals surface area contributed by atoms with E-state index in [4.69, 9.17) is 0 Å². The number of rotatable bonds is 4. The van der Waals surface area contributed by atoms with Gasteiger partial charge in [-0.1, -0.05) is 26.8 Å². The van der Waals surface area contributed by atoms with Crippen molar-refractivity contribution < 1.29 is 18.0 Å². The van der Waals surface area contributed by atoms with Gasteiger partial charge in [0.1, 0.15) is 0 Å². The van der Waals surface area contributed by atoms with E-state index in [1.165, 1.54) is 4.90 Å². The zero-order valence-electron chi connectivity index (χ0n) is 15.1. The first-order chi connectivity index (χ1) is 11.4. The topological polar surface area (TPSA) is 44.4 Å². The average Bonchev–Trinajstić information content (AvgIpc) is 2.86. The van der Waals surface area contributed by atoms with E-state index in [1.807, 2.05) is 45.9 Å². The Morgan fingerprint density at radius 2 is 1.96 bits per heavy atom. The predicted octanol–water partition coefficient (Wildman–Crippen LogP) is 4.03. The molecule has 1 saturated heterocycles. The number of hydrogen-bond donors (Lipinski definition) is 2. The summed E-state index contributed by atoms with van der Waals surface area (Å²) in [5.74, 6) is -0.0787. The van der Waals surface area contributed by atoms with Crippen LogP contribution in [0.4, 0.5) is 24.5 Å². The highest BCUT2D eigenvalue weighted by atomic mass is 19.4. The molecule has 1 aliphatic heterocycles. The summed E-state index contributed by atoms with van der Waals surface area (Å²) in [5.41, 5.74) is 1.95. The van der Waals surface area contributed by atoms with Gasteiger partial charge >= 0.3 is 6.18 Å². The lowest BCUT2D eigenvalue weighted by Crippen LogP contribution is -2.34. The van der Waals surface area contributed by atoms with Crippen molar-refractivity contribution in [2.24, 2.45) is 5.41 Å². The van der Waals surface area contributed by atoms with E-state index in [9.17, 15) is 18.0 Å². The van der Waals surface area contributed by atoms with Crippen LogP contribution in [0.3, 0.4) is 0 Å². The highest BCUT2D eigenvalue weighted by Gasteiger charge is 2.34. The molecule has 2 rings (SSSR count). The number of nitrogens with one attached hydrogen (secondary N) is 2. The van der Waals surface area contributed by atoms with Gasteiger partial charge in [0.25, 0.3) is 0 Å². The van der Waals surface area contributed by atoms with Crippen molar-refractivity contribution >= 4 is 17.3 Å². The summed E-state index contributed by atoms with van der Waals surface area (Å²) in [6.45, 7) is 7.34. The number of benzene rings is 1. The molecule has 2 N–H and O–H groups in total. The van der Waals surface area contributed by atoms with Gasteiger partial charge in [0.05, 0.1) is 6.54 Å². The maximum atomic E-state index is 12.5. The lowest BCUT2D eigenvalue weighted by molar-refractivity contribution is -0.143. The van der Waals surface area contributed by atoms with Crippen molar-refractivity contribution in [3.63, 3.8) is 0 Å². The first kappa shape index (κ1) is 19.6. The molecule has 0 saturated carbocycles. The minimum Gasteiger partial charge on any atom is -0.381 e. The van der Waals surface area contributed by atoms with Gasteiger partial charge in [0.2, 0.25) is 5.91 Å². The molecule has 7 heteroatoms. The molecule has 1 fully saturated rings. The van der Waals surface area contributed by atoms with Crippen molar-refractivity contribution in [1.82, 2.24) is 4.90 Å². The molecule has 1 aliphatic rings. The molecule has 0 aromatic heterocycles. The molecule has 1 heterocycles. The number of nitrogens with zero attached hydrogens (tertiary/aromatic N) is 1. The van der Waals surface area contributed by atoms with Crippen LogP contribution in [0, 0.1) is 12.3 Å². The van der Waals surface area contributed by atoms with Crippen LogP contribution in [-0.2, 0) is 4.79 Å². The van der Waals surface area contributed by atoms with Crippen LogP contribution in [-0.4, -0.2) is 42.7 Å². The van der Waals surface area contributed by atoms with Crippen molar-refractivity contribution in [2.75, 3.05) is 30.3 Å². The third kappa shape index (κ3) is 5.92. The molecule has 0 radical (unpaired) electrons. The third-order valence-electron chi connectivity index (χ3n) is 4.21. The number of likely N-dealkylation sites (tertiary alicyclic amines) is 1. The summed E-state index contributed by atoms with van der Waals surface area (Å²) in [7, 11) is 0. The fourth-order valence-electron chi connectivity index (χ4n) is 2.74. The summed E-state index contributed by atoms with van der Waals surface area (Å²) in [6.07, 6.45) is -3.50. The van der Waals surface area contributed by atoms with Gasteiger partial charge in [-0.25, -0.2) is 0 Å². The van der Waals surface area contributed by atoms with Crippen LogP contribution in [0.15, 0.2) is 18.2 Å². The third-order valence-corrected chi connectivity index (χ3v) is 4.21. The maximum absolute atomic E-state index is 12.5. The molecule has 1 aromatic rings. The highest BCUT2D eigenvalue weighted by Crippen LogP contribution is 2.26. The summed E-state index contributed by atoms with van der Waals surface area (Å²) in [4.78, 5) is 13.6. The van der Waals surface area contributed by atoms with Gasteiger partial charge in [-0.05, 0) is 31.0 Å². The lowest BCUT2D eigenvalue weighted by Gasteiger charge is -2.21. The van der Waals surface area contributed by atoms with E-state index in [0.717, 1.165) is 16.9 Å². The molecule has 1 aromatic carbocycles. The van der Waals surface area contributed by atoms with Crippen molar-refractivity contribution in [2.45, 2.75) is 46.3 Å². The Morgan fingerprint density at radius 3 is 2.56 bits per heavy atom. The predicted molar refractivity (Wildman–Crippen MR) is 93.8 cm³/mol. The summed E-state index contributed by atoms with van der Waals surface area (Å²) in [5, 5.41) is 6.19. The normalized spacial score (nSPS) is 19.1. The van der Waals surface area contributed by atoms with Gasteiger partial charge in [0, 0.05) is 35.9 Å². The second kappa shape index (κ2) is 7.23. The highest BCUT2D eigenvalue weighted by molar-refractivity contribution is 5.95. The lowest BCUT2D eigenvalue weighted by atomic mass is 9.95. The molecule has 25 heavy (non-hydrogen) atoms. The first-order valence-corrected chi connectivity index (χ1v) is 8.42. The first-order valence-electron chi connectivity index (χ1n) is 8.42. The number of amides is 1. The zero-order valence-corrected chi connectivity index (χ0v) is 15.1. The van der Waals surface area contributed by atoms with Crippen LogP contribution >= 0.6 is 0 Å². The number of halogens is 3. The van der Waals surface area contributed by atoms with Crippen LogP contribution < -0.4 is 10.6 Å². The van der Waals surface area contributed by atoms with Crippen molar-refractivity contribution in [3.8, 4) is 0 Å². The summed E-state index contributed by atoms with van der Waals surface area (Å²) < 4.78 is 37.4. The quantitative estimate of drug-likeness (QED) is 0.855. The molecular formula is C18H26F3N3O. The number of alkyl halides is 3. The Balaban J connectivity index is 2.00. The Kier molecular flexibility index (Phi) is 5.66. The Labute approximate surface area is 146 Å². The van der Waals surface area contributed by atoms with Gasteiger partial charge in [-0.2, -0.15) is 13.2 Å². The fourth-order valence-corrected chi connectivity index (χ4v) is 2.74. The number of hydrogen-bond acceptors (Lipinski definition) is 3. The molecular weight excluding hydrogens is 331 g/mol. The van der Waals surface area contributed by atoms with Gasteiger partial charge in [0.15, 0.2) is 0 Å². The zero-order chi connectivity index (χ0) is 18.8. The van der Waals surface area contributed by atoms with E-state index in [2.05, 4.69) is 10.6 Å². The SMILES string of the molecule is Cc1ccc(N[C@@H]2CCN(CC(F)(F)F)C2)cc1NC(=O)C(C)(C)C. The second-order valence-electron chi connectivity index (χ2n) is 7.71. The maximum Gasteiger partial charge on any atom is 0.401 e. The monoisotopic (exact) mass is 357 g/mol. The molecule has 0 aliphatic carbocycles. The molecule has 140 valence electrons. The molecule has 1 amide bonds. The molecule has 0 spiro atoms. The average molecular weight is 357 g/mol. The largest absolute Gasteiger partial charge is 0.401 e. The summed E-state index contributed by atoms with van der Waals surface area (Å²) in [6, 6.07) is 5.58. The van der Waals surface area contributed by atoms with Crippen LogP contribution in [0.5, 0.6) is 0 Å². The van der Waals surface area contributed by atoms with Crippen molar-refractivity contribution in [1.29, 1.82) is 0 Å². The number of carbonyl (C=O) groups is 1. The van der Waals surface area contributed by atoms with E-state index >= 15 is 0 Å². The molecule has 0 unspecified atom stereocenters. The molecule has 0 bridgehead atoms. The van der Waals surface area contributed by atoms with E-state index < -0.39 is 18.1 Å². The minimum atomic E-state index is -4.16. The van der Waals surface area contributed by atoms with Crippen LogP contribution in [0.25, 0.3) is 0 Å². The number of anilines is 2. The van der Waals surface area contributed by atoms with E-state index in [-0.39, 0.29) is 11.9 Å². The fraction of sp³-hybridized carbons (Fsp3) is 0.611. The van der Waals surface area contributed by atoms with Crippen LogP contribution in [0.2, 0.25) is 0 Å². The standard InChI is InChI=1S/C18H26F3N3O/c1-12-5-6-13(9-15(12)23-16(25)17(2,3)4)22-14-7-8-24(10-14)11-18(19,20)21/h5-6,9,14,22H,7-8,10-11H2,1-4H3,(H,23,25)/t14-/m1/s1. The number of carbonyl (C=O) groups excluding carboxylic acids is 1. The minimum absolute atomic E-state index is 0.0313. The van der Waals surface area contributed by atoms with Crippen LogP contribution in [0.1, 0.15) is 32.8 Å². The van der Waals surface area contributed by atoms with Gasteiger partial charge < -0.3 is 10.6 Å². The second-order valence-corrected chi connectivity index (χ2v) is 7.71. The number of aryl methyl sites for hydroxylation is 1. The summed E-state index contributed by atoms with van der Waals surface area (Å²) >= 11 is 0. The molecule has 4 nitrogen and oxygen atoms in total. The van der Waals surface area contributed by atoms with Crippen molar-refractivity contribution in [3.05, 3.63) is 23.8 Å². The van der Waals surface area contributed by atoms with Gasteiger partial charge in [-0.3, -0.25) is 9.69 Å². The molecule has 1 atom stereocenters. The Bertz CT molecular complexity index is 623. The van der Waals surface area contributed by atoms with E-state index in [1.54, 1.807) is 0 Å². The Hall–Kier alpha value is -1.76. The van der Waals surface area contributed by atoms with Gasteiger partial charge in [-0.15, -0.1) is 0 Å².